The Labute approximate surface area is 195 Å². The highest BCUT2D eigenvalue weighted by molar-refractivity contribution is 7.90. The molecule has 0 aliphatic heterocycles. The monoisotopic (exact) mass is 485 g/mol. The van der Waals surface area contributed by atoms with Gasteiger partial charge in [0.05, 0.1) is 4.90 Å². The summed E-state index contributed by atoms with van der Waals surface area (Å²) in [4.78, 5) is 13.0. The maximum absolute atomic E-state index is 12.8. The van der Waals surface area contributed by atoms with Crippen molar-refractivity contribution in [3.05, 3.63) is 89.0 Å². The van der Waals surface area contributed by atoms with Gasteiger partial charge < -0.3 is 5.32 Å². The zero-order valence-corrected chi connectivity index (χ0v) is 19.1. The molecule has 32 heavy (non-hydrogen) atoms. The van der Waals surface area contributed by atoms with E-state index in [1.807, 2.05) is 12.1 Å². The summed E-state index contributed by atoms with van der Waals surface area (Å²) in [6, 6.07) is 19.8. The molecule has 1 N–H and O–H groups in total. The number of rotatable bonds is 4. The molecule has 0 radical (unpaired) electrons. The van der Waals surface area contributed by atoms with Crippen LogP contribution in [-0.2, 0) is 9.84 Å². The second-order valence-electron chi connectivity index (χ2n) is 7.08. The molecule has 0 unspecified atom stereocenters. The number of hydrogen-bond acceptors (Lipinski definition) is 4. The number of amides is 1. The Balaban J connectivity index is 1.76. The van der Waals surface area contributed by atoms with Crippen LogP contribution in [0, 0.1) is 0 Å². The van der Waals surface area contributed by atoms with E-state index >= 15 is 0 Å². The van der Waals surface area contributed by atoms with Crippen LogP contribution in [0.3, 0.4) is 0 Å². The molecule has 0 spiro atoms. The summed E-state index contributed by atoms with van der Waals surface area (Å²) >= 11 is 12.0. The fourth-order valence-corrected chi connectivity index (χ4v) is 4.09. The van der Waals surface area contributed by atoms with Crippen molar-refractivity contribution >= 4 is 44.8 Å². The Morgan fingerprint density at radius 2 is 1.56 bits per heavy atom. The average molecular weight is 486 g/mol. The number of benzene rings is 3. The summed E-state index contributed by atoms with van der Waals surface area (Å²) in [6.07, 6.45) is 2.76. The van der Waals surface area contributed by atoms with Crippen LogP contribution in [0.4, 0.5) is 10.5 Å². The lowest BCUT2D eigenvalue weighted by Crippen LogP contribution is -2.19. The van der Waals surface area contributed by atoms with Crippen molar-refractivity contribution in [2.24, 2.45) is 0 Å². The van der Waals surface area contributed by atoms with Gasteiger partial charge >= 0.3 is 6.03 Å². The predicted molar refractivity (Wildman–Crippen MR) is 127 cm³/mol. The second kappa shape index (κ2) is 8.78. The Hall–Kier alpha value is -3.13. The summed E-state index contributed by atoms with van der Waals surface area (Å²) in [6.45, 7) is 0. The van der Waals surface area contributed by atoms with Gasteiger partial charge in [-0.3, -0.25) is 0 Å². The molecule has 1 amide bonds. The van der Waals surface area contributed by atoms with Crippen molar-refractivity contribution in [1.82, 2.24) is 9.78 Å². The summed E-state index contributed by atoms with van der Waals surface area (Å²) in [7, 11) is -3.33. The van der Waals surface area contributed by atoms with Crippen molar-refractivity contribution in [2.75, 3.05) is 11.6 Å². The number of carbonyl (C=O) groups excluding carboxylic acids is 1. The average Bonchev–Trinajstić information content (AvgIpc) is 3.19. The van der Waals surface area contributed by atoms with Crippen LogP contribution < -0.4 is 5.32 Å². The van der Waals surface area contributed by atoms with Crippen molar-refractivity contribution in [1.29, 1.82) is 0 Å². The Morgan fingerprint density at radius 1 is 0.906 bits per heavy atom. The van der Waals surface area contributed by atoms with Crippen molar-refractivity contribution in [3.8, 4) is 22.4 Å². The lowest BCUT2D eigenvalue weighted by Gasteiger charge is -2.05. The lowest BCUT2D eigenvalue weighted by atomic mass is 10.0. The number of anilines is 1. The summed E-state index contributed by atoms with van der Waals surface area (Å²) in [5.74, 6) is 0. The zero-order valence-electron chi connectivity index (χ0n) is 16.8. The van der Waals surface area contributed by atoms with Gasteiger partial charge in [-0.25, -0.2) is 13.2 Å². The largest absolute Gasteiger partial charge is 0.346 e. The van der Waals surface area contributed by atoms with Gasteiger partial charge in [-0.1, -0.05) is 53.5 Å². The van der Waals surface area contributed by atoms with Crippen molar-refractivity contribution < 1.29 is 13.2 Å². The molecule has 1 aromatic heterocycles. The normalized spacial score (nSPS) is 11.3. The topological polar surface area (TPSA) is 81.1 Å². The smallest absolute Gasteiger partial charge is 0.306 e. The maximum Gasteiger partial charge on any atom is 0.346 e. The van der Waals surface area contributed by atoms with Gasteiger partial charge in [0.2, 0.25) is 0 Å². The molecule has 6 nitrogen and oxygen atoms in total. The van der Waals surface area contributed by atoms with Crippen LogP contribution in [0.15, 0.2) is 83.9 Å². The fourth-order valence-electron chi connectivity index (χ4n) is 3.14. The molecule has 162 valence electrons. The van der Waals surface area contributed by atoms with Gasteiger partial charge in [-0.15, -0.1) is 0 Å². The van der Waals surface area contributed by atoms with E-state index in [-0.39, 0.29) is 4.90 Å². The number of sulfone groups is 1. The van der Waals surface area contributed by atoms with Crippen LogP contribution in [0.2, 0.25) is 10.0 Å². The van der Waals surface area contributed by atoms with E-state index in [0.717, 1.165) is 11.8 Å². The number of hydrogen-bond donors (Lipinski definition) is 1. The molecule has 0 aliphatic rings. The molecular formula is C23H17Cl2N3O3S. The first-order valence-corrected chi connectivity index (χ1v) is 12.1. The number of nitrogens with one attached hydrogen (secondary N) is 1. The Kier molecular flexibility index (Phi) is 6.06. The minimum atomic E-state index is -3.33. The van der Waals surface area contributed by atoms with Crippen LogP contribution in [-0.4, -0.2) is 30.5 Å². The van der Waals surface area contributed by atoms with Crippen LogP contribution >= 0.6 is 23.2 Å². The van der Waals surface area contributed by atoms with E-state index in [1.54, 1.807) is 54.7 Å². The van der Waals surface area contributed by atoms with Gasteiger partial charge in [-0.05, 0) is 48.0 Å². The molecule has 9 heteroatoms. The van der Waals surface area contributed by atoms with Crippen LogP contribution in [0.25, 0.3) is 22.4 Å². The summed E-state index contributed by atoms with van der Waals surface area (Å²) < 4.78 is 24.8. The molecule has 0 bridgehead atoms. The molecule has 1 heterocycles. The van der Waals surface area contributed by atoms with E-state index in [9.17, 15) is 13.2 Å². The molecule has 0 aliphatic carbocycles. The predicted octanol–water partition coefficient (Wildman–Crippen LogP) is 6.01. The standard InChI is InChI=1S/C23H17Cl2N3O3S/c1-32(30,31)20-11-7-16(8-12-20)22-21(15-5-9-17(24)10-6-15)14-28(27-22)23(29)26-19-4-2-3-18(25)13-19/h2-14H,1H3,(H,26,29). The third-order valence-electron chi connectivity index (χ3n) is 4.71. The number of halogens is 2. The Morgan fingerprint density at radius 3 is 2.19 bits per heavy atom. The minimum Gasteiger partial charge on any atom is -0.306 e. The quantitative estimate of drug-likeness (QED) is 0.383. The SMILES string of the molecule is CS(=O)(=O)c1ccc(-c2nn(C(=O)Nc3cccc(Cl)c3)cc2-c2ccc(Cl)cc2)cc1. The van der Waals surface area contributed by atoms with Gasteiger partial charge in [0, 0.05) is 39.3 Å². The van der Waals surface area contributed by atoms with E-state index in [2.05, 4.69) is 10.4 Å². The van der Waals surface area contributed by atoms with Crippen LogP contribution in [0.5, 0.6) is 0 Å². The molecule has 0 saturated carbocycles. The number of nitrogens with zero attached hydrogens (tertiary/aromatic N) is 2. The highest BCUT2D eigenvalue weighted by Gasteiger charge is 2.18. The first-order chi connectivity index (χ1) is 15.2. The third kappa shape index (κ3) is 4.85. The van der Waals surface area contributed by atoms with Gasteiger partial charge in [-0.2, -0.15) is 9.78 Å². The number of carbonyl (C=O) groups is 1. The fraction of sp³-hybridized carbons (Fsp3) is 0.0435. The lowest BCUT2D eigenvalue weighted by molar-refractivity contribution is 0.251. The molecule has 4 aromatic rings. The zero-order chi connectivity index (χ0) is 22.9. The summed E-state index contributed by atoms with van der Waals surface area (Å²) in [5, 5.41) is 8.32. The van der Waals surface area contributed by atoms with E-state index < -0.39 is 15.9 Å². The number of aromatic nitrogens is 2. The van der Waals surface area contributed by atoms with E-state index in [0.29, 0.717) is 32.6 Å². The molecule has 0 atom stereocenters. The molecule has 4 rings (SSSR count). The highest BCUT2D eigenvalue weighted by Crippen LogP contribution is 2.32. The second-order valence-corrected chi connectivity index (χ2v) is 9.97. The Bertz CT molecular complexity index is 1400. The molecular weight excluding hydrogens is 469 g/mol. The van der Waals surface area contributed by atoms with Gasteiger partial charge in [0.25, 0.3) is 0 Å². The first kappa shape index (κ1) is 22.1. The molecule has 0 saturated heterocycles. The first-order valence-electron chi connectivity index (χ1n) is 9.44. The van der Waals surface area contributed by atoms with Crippen molar-refractivity contribution in [2.45, 2.75) is 4.90 Å². The molecule has 3 aromatic carbocycles. The van der Waals surface area contributed by atoms with E-state index in [1.165, 1.54) is 16.8 Å². The summed E-state index contributed by atoms with van der Waals surface area (Å²) in [5.41, 5.74) is 3.21. The molecule has 0 fully saturated rings. The van der Waals surface area contributed by atoms with Crippen molar-refractivity contribution in [3.63, 3.8) is 0 Å². The minimum absolute atomic E-state index is 0.201. The van der Waals surface area contributed by atoms with E-state index in [4.69, 9.17) is 23.2 Å². The third-order valence-corrected chi connectivity index (χ3v) is 6.32. The maximum atomic E-state index is 12.8. The van der Waals surface area contributed by atoms with Gasteiger partial charge in [0.15, 0.2) is 9.84 Å². The highest BCUT2D eigenvalue weighted by atomic mass is 35.5. The van der Waals surface area contributed by atoms with Crippen LogP contribution in [0.1, 0.15) is 0 Å². The van der Waals surface area contributed by atoms with Gasteiger partial charge in [0.1, 0.15) is 5.69 Å².